The van der Waals surface area contributed by atoms with Crippen LogP contribution in [0.3, 0.4) is 0 Å². The number of thiazole rings is 1. The molecule has 15 heavy (non-hydrogen) atoms. The van der Waals surface area contributed by atoms with Crippen molar-refractivity contribution in [3.05, 3.63) is 28.1 Å². The number of hydrogen-bond acceptors (Lipinski definition) is 4. The molecule has 0 aliphatic heterocycles. The molecule has 0 radical (unpaired) electrons. The van der Waals surface area contributed by atoms with E-state index in [4.69, 9.17) is 11.6 Å². The summed E-state index contributed by atoms with van der Waals surface area (Å²) in [6.07, 6.45) is 2.64. The zero-order chi connectivity index (χ0) is 10.8. The van der Waals surface area contributed by atoms with Gasteiger partial charge in [-0.05, 0) is 19.4 Å². The van der Waals surface area contributed by atoms with Crippen LogP contribution >= 0.6 is 22.9 Å². The van der Waals surface area contributed by atoms with Crippen molar-refractivity contribution in [2.45, 2.75) is 20.3 Å². The van der Waals surface area contributed by atoms with Crippen molar-refractivity contribution < 1.29 is 0 Å². The highest BCUT2D eigenvalue weighted by Gasteiger charge is 2.07. The van der Waals surface area contributed by atoms with E-state index in [0.717, 1.165) is 22.0 Å². The van der Waals surface area contributed by atoms with Gasteiger partial charge in [0.25, 0.3) is 0 Å². The average molecular weight is 240 g/mol. The molecule has 2 aromatic rings. The maximum Gasteiger partial charge on any atom is 0.172 e. The first-order valence-corrected chi connectivity index (χ1v) is 5.84. The van der Waals surface area contributed by atoms with Gasteiger partial charge in [0.15, 0.2) is 5.82 Å². The second kappa shape index (κ2) is 4.24. The molecule has 0 spiro atoms. The molecule has 0 saturated heterocycles. The van der Waals surface area contributed by atoms with Gasteiger partial charge in [0.1, 0.15) is 5.15 Å². The fourth-order valence-corrected chi connectivity index (χ4v) is 2.14. The Kier molecular flexibility index (Phi) is 2.98. The molecule has 0 fully saturated rings. The smallest absolute Gasteiger partial charge is 0.172 e. The van der Waals surface area contributed by atoms with Crippen molar-refractivity contribution in [3.8, 4) is 10.7 Å². The summed E-state index contributed by atoms with van der Waals surface area (Å²) in [5.41, 5.74) is 0.955. The lowest BCUT2D eigenvalue weighted by molar-refractivity contribution is 1.01. The monoisotopic (exact) mass is 239 g/mol. The molecule has 0 amide bonds. The molecule has 0 aliphatic rings. The minimum atomic E-state index is 0.489. The van der Waals surface area contributed by atoms with Crippen molar-refractivity contribution in [1.29, 1.82) is 0 Å². The fraction of sp³-hybridized carbons (Fsp3) is 0.300. The predicted octanol–water partition coefficient (Wildman–Crippen LogP) is 3.12. The third-order valence-electron chi connectivity index (χ3n) is 1.95. The molecule has 0 atom stereocenters. The summed E-state index contributed by atoms with van der Waals surface area (Å²) in [6.45, 7) is 4.00. The third-order valence-corrected chi connectivity index (χ3v) is 3.05. The van der Waals surface area contributed by atoms with Crippen LogP contribution in [-0.4, -0.2) is 15.0 Å². The molecular formula is C10H10ClN3S. The van der Waals surface area contributed by atoms with Gasteiger partial charge in [-0.1, -0.05) is 18.5 Å². The molecule has 0 saturated carbocycles. The predicted molar refractivity (Wildman–Crippen MR) is 62.3 cm³/mol. The number of nitrogens with zero attached hydrogens (tertiary/aromatic N) is 3. The van der Waals surface area contributed by atoms with Gasteiger partial charge < -0.3 is 0 Å². The molecule has 3 nitrogen and oxygen atoms in total. The van der Waals surface area contributed by atoms with E-state index in [-0.39, 0.29) is 0 Å². The Hall–Kier alpha value is -1.00. The van der Waals surface area contributed by atoms with E-state index in [2.05, 4.69) is 15.0 Å². The van der Waals surface area contributed by atoms with Crippen molar-refractivity contribution >= 4 is 22.9 Å². The van der Waals surface area contributed by atoms with Gasteiger partial charge in [0, 0.05) is 11.9 Å². The van der Waals surface area contributed by atoms with E-state index in [1.165, 1.54) is 0 Å². The standard InChI is InChI=1S/C10H10ClN3S/c1-3-7-4-9(11)14-10(13-7)8-5-12-6(2)15-8/h4-5H,3H2,1-2H3. The first-order valence-electron chi connectivity index (χ1n) is 4.65. The number of hydrogen-bond donors (Lipinski definition) is 0. The van der Waals surface area contributed by atoms with Crippen LogP contribution in [-0.2, 0) is 6.42 Å². The average Bonchev–Trinajstić information content (AvgIpc) is 2.64. The summed E-state index contributed by atoms with van der Waals surface area (Å²) in [4.78, 5) is 13.7. The summed E-state index contributed by atoms with van der Waals surface area (Å²) in [7, 11) is 0. The Morgan fingerprint density at radius 2 is 2.20 bits per heavy atom. The number of rotatable bonds is 2. The van der Waals surface area contributed by atoms with Crippen LogP contribution in [0.1, 0.15) is 17.6 Å². The first kappa shape index (κ1) is 10.5. The Morgan fingerprint density at radius 1 is 1.40 bits per heavy atom. The molecule has 5 heteroatoms. The molecule has 0 aromatic carbocycles. The molecule has 2 heterocycles. The van der Waals surface area contributed by atoms with Crippen molar-refractivity contribution in [1.82, 2.24) is 15.0 Å². The molecule has 78 valence electrons. The van der Waals surface area contributed by atoms with E-state index < -0.39 is 0 Å². The lowest BCUT2D eigenvalue weighted by atomic mass is 10.3. The third kappa shape index (κ3) is 2.33. The molecular weight excluding hydrogens is 230 g/mol. The SMILES string of the molecule is CCc1cc(Cl)nc(-c2cnc(C)s2)n1. The lowest BCUT2D eigenvalue weighted by Crippen LogP contribution is -1.93. The highest BCUT2D eigenvalue weighted by molar-refractivity contribution is 7.14. The highest BCUT2D eigenvalue weighted by atomic mass is 35.5. The van der Waals surface area contributed by atoms with Gasteiger partial charge in [-0.3, -0.25) is 0 Å². The van der Waals surface area contributed by atoms with Crippen LogP contribution in [0.4, 0.5) is 0 Å². The highest BCUT2D eigenvalue weighted by Crippen LogP contribution is 2.24. The van der Waals surface area contributed by atoms with Gasteiger partial charge >= 0.3 is 0 Å². The summed E-state index contributed by atoms with van der Waals surface area (Å²) in [6, 6.07) is 1.79. The Bertz CT molecular complexity index is 481. The van der Waals surface area contributed by atoms with Crippen LogP contribution in [0.15, 0.2) is 12.3 Å². The molecule has 0 unspecified atom stereocenters. The van der Waals surface area contributed by atoms with Gasteiger partial charge in [-0.2, -0.15) is 0 Å². The number of aryl methyl sites for hydroxylation is 2. The van der Waals surface area contributed by atoms with E-state index in [9.17, 15) is 0 Å². The number of aromatic nitrogens is 3. The maximum absolute atomic E-state index is 5.92. The summed E-state index contributed by atoms with van der Waals surface area (Å²) in [5, 5.41) is 1.49. The molecule has 2 rings (SSSR count). The van der Waals surface area contributed by atoms with Crippen LogP contribution in [0.25, 0.3) is 10.7 Å². The summed E-state index contributed by atoms with van der Waals surface area (Å²) >= 11 is 7.49. The Balaban J connectivity index is 2.48. The molecule has 2 aromatic heterocycles. The number of halogens is 1. The topological polar surface area (TPSA) is 38.7 Å². The van der Waals surface area contributed by atoms with E-state index in [0.29, 0.717) is 11.0 Å². The van der Waals surface area contributed by atoms with Crippen LogP contribution in [0.5, 0.6) is 0 Å². The molecule has 0 N–H and O–H groups in total. The fourth-order valence-electron chi connectivity index (χ4n) is 1.22. The quantitative estimate of drug-likeness (QED) is 0.756. The first-order chi connectivity index (χ1) is 7.19. The van der Waals surface area contributed by atoms with Gasteiger partial charge in [-0.15, -0.1) is 11.3 Å². The van der Waals surface area contributed by atoms with Crippen molar-refractivity contribution in [3.63, 3.8) is 0 Å². The minimum absolute atomic E-state index is 0.489. The van der Waals surface area contributed by atoms with E-state index in [1.54, 1.807) is 23.6 Å². The summed E-state index contributed by atoms with van der Waals surface area (Å²) < 4.78 is 0. The van der Waals surface area contributed by atoms with Gasteiger partial charge in [0.05, 0.1) is 9.88 Å². The van der Waals surface area contributed by atoms with Gasteiger partial charge in [-0.25, -0.2) is 15.0 Å². The zero-order valence-corrected chi connectivity index (χ0v) is 10.1. The second-order valence-electron chi connectivity index (χ2n) is 3.10. The Labute approximate surface area is 97.2 Å². The Morgan fingerprint density at radius 3 is 2.80 bits per heavy atom. The van der Waals surface area contributed by atoms with Crippen LogP contribution in [0.2, 0.25) is 5.15 Å². The van der Waals surface area contributed by atoms with Gasteiger partial charge in [0.2, 0.25) is 0 Å². The molecule has 0 aliphatic carbocycles. The summed E-state index contributed by atoms with van der Waals surface area (Å²) in [5.74, 6) is 0.671. The van der Waals surface area contributed by atoms with Crippen molar-refractivity contribution in [2.24, 2.45) is 0 Å². The van der Waals surface area contributed by atoms with E-state index in [1.807, 2.05) is 13.8 Å². The van der Waals surface area contributed by atoms with Crippen LogP contribution < -0.4 is 0 Å². The largest absolute Gasteiger partial charge is 0.249 e. The maximum atomic E-state index is 5.92. The lowest BCUT2D eigenvalue weighted by Gasteiger charge is -2.00. The second-order valence-corrected chi connectivity index (χ2v) is 4.72. The minimum Gasteiger partial charge on any atom is -0.249 e. The van der Waals surface area contributed by atoms with Crippen molar-refractivity contribution in [2.75, 3.05) is 0 Å². The normalized spacial score (nSPS) is 10.6. The molecule has 0 bridgehead atoms. The zero-order valence-electron chi connectivity index (χ0n) is 8.49. The van der Waals surface area contributed by atoms with Crippen LogP contribution in [0, 0.1) is 6.92 Å². The van der Waals surface area contributed by atoms with E-state index >= 15 is 0 Å².